The maximum atomic E-state index is 5.23. The van der Waals surface area contributed by atoms with Crippen molar-refractivity contribution < 1.29 is 4.84 Å². The van der Waals surface area contributed by atoms with Gasteiger partial charge in [-0.3, -0.25) is 0 Å². The van der Waals surface area contributed by atoms with Gasteiger partial charge in [0, 0.05) is 5.41 Å². The van der Waals surface area contributed by atoms with Gasteiger partial charge in [-0.05, 0) is 18.4 Å². The number of hydrogen-bond donors (Lipinski definition) is 1. The van der Waals surface area contributed by atoms with Crippen molar-refractivity contribution in [2.75, 3.05) is 6.61 Å². The fraction of sp³-hybridized carbons (Fsp3) is 0.500. The molecule has 0 saturated heterocycles. The van der Waals surface area contributed by atoms with E-state index in [1.165, 1.54) is 31.2 Å². The molecule has 0 atom stereocenters. The SMILES string of the molecule is NOCC1(c2ccccc2)CCCC1. The summed E-state index contributed by atoms with van der Waals surface area (Å²) < 4.78 is 0. The lowest BCUT2D eigenvalue weighted by Crippen LogP contribution is -2.30. The summed E-state index contributed by atoms with van der Waals surface area (Å²) in [4.78, 5) is 4.88. The second-order valence-electron chi connectivity index (χ2n) is 4.16. The molecule has 0 aromatic heterocycles. The predicted octanol–water partition coefficient (Wildman–Crippen LogP) is 2.39. The van der Waals surface area contributed by atoms with Crippen LogP contribution in [0.25, 0.3) is 0 Å². The predicted molar refractivity (Wildman–Crippen MR) is 56.7 cm³/mol. The molecule has 1 aliphatic rings. The fourth-order valence-corrected chi connectivity index (χ4v) is 2.52. The highest BCUT2D eigenvalue weighted by atomic mass is 16.6. The van der Waals surface area contributed by atoms with E-state index in [2.05, 4.69) is 30.3 Å². The molecular formula is C12H17NO. The molecule has 14 heavy (non-hydrogen) atoms. The van der Waals surface area contributed by atoms with Crippen molar-refractivity contribution in [2.45, 2.75) is 31.1 Å². The maximum Gasteiger partial charge on any atom is 0.0775 e. The summed E-state index contributed by atoms with van der Waals surface area (Å²) in [5.74, 6) is 5.23. The summed E-state index contributed by atoms with van der Waals surface area (Å²) in [6.07, 6.45) is 4.99. The molecule has 0 amide bonds. The molecule has 2 nitrogen and oxygen atoms in total. The first-order chi connectivity index (χ1) is 6.87. The van der Waals surface area contributed by atoms with Crippen LogP contribution in [-0.2, 0) is 10.3 Å². The average Bonchev–Trinajstić information content (AvgIpc) is 2.70. The summed E-state index contributed by atoms with van der Waals surface area (Å²) >= 11 is 0. The van der Waals surface area contributed by atoms with Crippen molar-refractivity contribution in [1.29, 1.82) is 0 Å². The van der Waals surface area contributed by atoms with Gasteiger partial charge in [-0.25, -0.2) is 5.90 Å². The Kier molecular flexibility index (Phi) is 2.85. The van der Waals surface area contributed by atoms with Crippen LogP contribution < -0.4 is 5.90 Å². The van der Waals surface area contributed by atoms with Crippen LogP contribution in [0.2, 0.25) is 0 Å². The Morgan fingerprint density at radius 1 is 1.14 bits per heavy atom. The Morgan fingerprint density at radius 3 is 2.36 bits per heavy atom. The van der Waals surface area contributed by atoms with Gasteiger partial charge in [0.1, 0.15) is 0 Å². The number of hydrogen-bond acceptors (Lipinski definition) is 2. The summed E-state index contributed by atoms with van der Waals surface area (Å²) in [5.41, 5.74) is 1.57. The molecule has 2 N–H and O–H groups in total. The third-order valence-corrected chi connectivity index (χ3v) is 3.31. The van der Waals surface area contributed by atoms with Crippen molar-refractivity contribution in [3.8, 4) is 0 Å². The topological polar surface area (TPSA) is 35.2 Å². The third-order valence-electron chi connectivity index (χ3n) is 3.31. The molecule has 1 fully saturated rings. The van der Waals surface area contributed by atoms with Crippen LogP contribution in [0.1, 0.15) is 31.2 Å². The van der Waals surface area contributed by atoms with Gasteiger partial charge in [-0.1, -0.05) is 43.2 Å². The van der Waals surface area contributed by atoms with Crippen LogP contribution in [-0.4, -0.2) is 6.61 Å². The molecule has 2 heteroatoms. The van der Waals surface area contributed by atoms with E-state index in [4.69, 9.17) is 10.7 Å². The summed E-state index contributed by atoms with van der Waals surface area (Å²) in [7, 11) is 0. The second-order valence-corrected chi connectivity index (χ2v) is 4.16. The zero-order valence-electron chi connectivity index (χ0n) is 8.41. The Hall–Kier alpha value is -0.860. The van der Waals surface area contributed by atoms with Crippen LogP contribution in [0.4, 0.5) is 0 Å². The van der Waals surface area contributed by atoms with Crippen LogP contribution in [0, 0.1) is 0 Å². The molecule has 0 heterocycles. The highest BCUT2D eigenvalue weighted by Crippen LogP contribution is 2.40. The highest BCUT2D eigenvalue weighted by Gasteiger charge is 2.35. The van der Waals surface area contributed by atoms with Crippen molar-refractivity contribution in [3.05, 3.63) is 35.9 Å². The van der Waals surface area contributed by atoms with Crippen molar-refractivity contribution in [2.24, 2.45) is 5.90 Å². The summed E-state index contributed by atoms with van der Waals surface area (Å²) in [5, 5.41) is 0. The van der Waals surface area contributed by atoms with Crippen LogP contribution in [0.5, 0.6) is 0 Å². The van der Waals surface area contributed by atoms with E-state index in [0.29, 0.717) is 6.61 Å². The minimum Gasteiger partial charge on any atom is -0.304 e. The molecule has 0 spiro atoms. The van der Waals surface area contributed by atoms with Gasteiger partial charge in [0.05, 0.1) is 6.61 Å². The minimum atomic E-state index is 0.190. The summed E-state index contributed by atoms with van der Waals surface area (Å²) in [6.45, 7) is 0.650. The van der Waals surface area contributed by atoms with E-state index in [-0.39, 0.29) is 5.41 Å². The van der Waals surface area contributed by atoms with Crippen LogP contribution >= 0.6 is 0 Å². The first-order valence-electron chi connectivity index (χ1n) is 5.25. The molecule has 1 aromatic carbocycles. The normalized spacial score (nSPS) is 19.8. The van der Waals surface area contributed by atoms with Gasteiger partial charge in [-0.2, -0.15) is 0 Å². The molecule has 1 aliphatic carbocycles. The van der Waals surface area contributed by atoms with E-state index >= 15 is 0 Å². The monoisotopic (exact) mass is 191 g/mol. The lowest BCUT2D eigenvalue weighted by Gasteiger charge is -2.28. The zero-order chi connectivity index (χ0) is 9.86. The molecule has 0 aliphatic heterocycles. The number of rotatable bonds is 3. The van der Waals surface area contributed by atoms with Gasteiger partial charge in [0.15, 0.2) is 0 Å². The minimum absolute atomic E-state index is 0.190. The first kappa shape index (κ1) is 9.69. The summed E-state index contributed by atoms with van der Waals surface area (Å²) in [6, 6.07) is 10.6. The lowest BCUT2D eigenvalue weighted by molar-refractivity contribution is 0.0849. The molecule has 76 valence electrons. The van der Waals surface area contributed by atoms with Crippen molar-refractivity contribution in [3.63, 3.8) is 0 Å². The first-order valence-corrected chi connectivity index (χ1v) is 5.25. The molecule has 0 bridgehead atoms. The molecular weight excluding hydrogens is 174 g/mol. The second kappa shape index (κ2) is 4.11. The number of nitrogens with two attached hydrogens (primary N) is 1. The van der Waals surface area contributed by atoms with Gasteiger partial charge < -0.3 is 4.84 Å². The number of benzene rings is 1. The largest absolute Gasteiger partial charge is 0.304 e. The standard InChI is InChI=1S/C12H17NO/c13-14-10-12(8-4-5-9-12)11-6-2-1-3-7-11/h1-3,6-7H,4-5,8-10,13H2. The van der Waals surface area contributed by atoms with E-state index < -0.39 is 0 Å². The van der Waals surface area contributed by atoms with Gasteiger partial charge in [0.2, 0.25) is 0 Å². The van der Waals surface area contributed by atoms with Crippen LogP contribution in [0.3, 0.4) is 0 Å². The maximum absolute atomic E-state index is 5.23. The van der Waals surface area contributed by atoms with Gasteiger partial charge >= 0.3 is 0 Å². The molecule has 1 aromatic rings. The molecule has 1 saturated carbocycles. The van der Waals surface area contributed by atoms with E-state index in [9.17, 15) is 0 Å². The lowest BCUT2D eigenvalue weighted by atomic mass is 9.80. The smallest absolute Gasteiger partial charge is 0.0775 e. The molecule has 2 rings (SSSR count). The van der Waals surface area contributed by atoms with Gasteiger partial charge in [0.25, 0.3) is 0 Å². The molecule has 0 unspecified atom stereocenters. The highest BCUT2D eigenvalue weighted by molar-refractivity contribution is 5.26. The Bertz CT molecular complexity index is 278. The quantitative estimate of drug-likeness (QED) is 0.744. The Balaban J connectivity index is 2.27. The van der Waals surface area contributed by atoms with Crippen molar-refractivity contribution >= 4 is 0 Å². The Labute approximate surface area is 85.0 Å². The third kappa shape index (κ3) is 1.68. The van der Waals surface area contributed by atoms with Crippen molar-refractivity contribution in [1.82, 2.24) is 0 Å². The van der Waals surface area contributed by atoms with E-state index in [0.717, 1.165) is 0 Å². The fourth-order valence-electron chi connectivity index (χ4n) is 2.52. The van der Waals surface area contributed by atoms with E-state index in [1.807, 2.05) is 0 Å². The van der Waals surface area contributed by atoms with E-state index in [1.54, 1.807) is 0 Å². The van der Waals surface area contributed by atoms with Crippen LogP contribution in [0.15, 0.2) is 30.3 Å². The molecule has 0 radical (unpaired) electrons. The Morgan fingerprint density at radius 2 is 1.79 bits per heavy atom. The van der Waals surface area contributed by atoms with Gasteiger partial charge in [-0.15, -0.1) is 0 Å². The average molecular weight is 191 g/mol. The zero-order valence-corrected chi connectivity index (χ0v) is 8.41.